The Bertz CT molecular complexity index is 2710. The number of imidazole rings is 3. The number of hydrogen-bond donors (Lipinski definition) is 5. The number of carboxylic acid groups (broad SMARTS) is 1. The summed E-state index contributed by atoms with van der Waals surface area (Å²) in [4.78, 5) is 58.4. The Kier molecular flexibility index (Phi) is 27.2. The van der Waals surface area contributed by atoms with Crippen LogP contribution in [0.25, 0.3) is 33.6 Å². The summed E-state index contributed by atoms with van der Waals surface area (Å²) in [6.07, 6.45) is 15.0. The Hall–Kier alpha value is -6.16. The summed E-state index contributed by atoms with van der Waals surface area (Å²) in [6, 6.07) is 11.3. The van der Waals surface area contributed by atoms with Crippen molar-refractivity contribution in [3.8, 4) is 17.0 Å². The molecule has 2 unspecified atom stereocenters. The second kappa shape index (κ2) is 32.3. The van der Waals surface area contributed by atoms with Gasteiger partial charge in [-0.1, -0.05) is 106 Å². The van der Waals surface area contributed by atoms with E-state index in [2.05, 4.69) is 97.4 Å². The number of nitrogens with one attached hydrogen (secondary N) is 3. The molecule has 19 heteroatoms. The molecule has 75 heavy (non-hydrogen) atoms. The molecule has 0 fully saturated rings. The number of aromatic nitrogens is 6. The van der Waals surface area contributed by atoms with Gasteiger partial charge in [0, 0.05) is 44.3 Å². The van der Waals surface area contributed by atoms with Crippen LogP contribution >= 0.6 is 21.5 Å². The Morgan fingerprint density at radius 2 is 1.67 bits per heavy atom. The molecule has 3 aromatic heterocycles. The maximum Gasteiger partial charge on any atom is 0.290 e. The standard InChI is InChI=1S/C41H46FIN10O3.C9H18O.C4H10.CH2O2.CH4O/c1-6-17-50(4)24-36-44-22-32(48-36)27-19-29(42)39-34-16-15-28(53(34)41(56-35(39)20-27)40-49-30-11-9-10-12-33(30)51(40)5)14-13-26(8-3)31-21-45-37(47-31)25-52(18-7-2)38(54)23-46-43-55;1-5-8(4)9(6-10)7(2)3;1-4(2)3;2-1-3;1-2/h8-14,16,19-22,41H,3,6-7,15,17-18,23-25H2,1-2,4-5H3,(H,44,48)(H,45,47)(H,46,55);6-9H,5H2,1-4H3;4H,1-3H3;1H,(H,2,3);2H,1H3/b26-13+,28-14+;;;;/t;8?,9-;;;/m.1.../s1. The van der Waals surface area contributed by atoms with Gasteiger partial charge in [0.05, 0.1) is 65.7 Å². The van der Waals surface area contributed by atoms with Crippen molar-refractivity contribution in [2.45, 2.75) is 107 Å². The summed E-state index contributed by atoms with van der Waals surface area (Å²) in [7, 11) is 5.02. The van der Waals surface area contributed by atoms with Gasteiger partial charge in [0.25, 0.3) is 6.47 Å². The first-order chi connectivity index (χ1) is 36.0. The highest BCUT2D eigenvalue weighted by molar-refractivity contribution is 14.1. The van der Waals surface area contributed by atoms with Crippen molar-refractivity contribution >= 4 is 62.4 Å². The van der Waals surface area contributed by atoms with Crippen LogP contribution in [0.5, 0.6) is 5.75 Å². The van der Waals surface area contributed by atoms with Crippen LogP contribution in [0.15, 0.2) is 85.4 Å². The number of aromatic amines is 2. The smallest absolute Gasteiger partial charge is 0.290 e. The second-order valence-corrected chi connectivity index (χ2v) is 20.3. The number of carbonyl (C=O) groups is 3. The average Bonchev–Trinajstić information content (AvgIpc) is 4.21. The molecule has 2 aromatic carbocycles. The Balaban J connectivity index is 0.000000671. The summed E-state index contributed by atoms with van der Waals surface area (Å²) in [5.74, 6) is 4.12. The van der Waals surface area contributed by atoms with Crippen LogP contribution in [0.4, 0.5) is 4.39 Å². The van der Waals surface area contributed by atoms with Crippen LogP contribution in [-0.2, 0) is 37.6 Å². The van der Waals surface area contributed by atoms with E-state index in [1.165, 1.54) is 6.07 Å². The van der Waals surface area contributed by atoms with E-state index < -0.39 is 33.5 Å². The average molecular weight is 1150 g/mol. The molecule has 0 saturated heterocycles. The normalized spacial score (nSPS) is 14.9. The zero-order valence-electron chi connectivity index (χ0n) is 45.9. The number of hydrogen-bond acceptors (Lipinski definition) is 11. The van der Waals surface area contributed by atoms with E-state index in [1.54, 1.807) is 23.4 Å². The number of aliphatic hydroxyl groups is 1. The molecule has 2 aliphatic heterocycles. The van der Waals surface area contributed by atoms with E-state index in [9.17, 15) is 12.7 Å². The zero-order valence-corrected chi connectivity index (χ0v) is 48.0. The van der Waals surface area contributed by atoms with Gasteiger partial charge in [-0.05, 0) is 80.1 Å². The van der Waals surface area contributed by atoms with Crippen LogP contribution in [0.2, 0.25) is 0 Å². The number of fused-ring (bicyclic) bond motifs is 4. The first-order valence-electron chi connectivity index (χ1n) is 25.5. The van der Waals surface area contributed by atoms with E-state index in [0.29, 0.717) is 77.8 Å². The first-order valence-corrected chi connectivity index (χ1v) is 27.4. The molecule has 410 valence electrons. The van der Waals surface area contributed by atoms with Crippen LogP contribution in [0.3, 0.4) is 0 Å². The highest BCUT2D eigenvalue weighted by Gasteiger charge is 2.41. The number of amides is 1. The lowest BCUT2D eigenvalue weighted by Gasteiger charge is -2.38. The van der Waals surface area contributed by atoms with Crippen LogP contribution in [0, 0.1) is 29.5 Å². The van der Waals surface area contributed by atoms with Gasteiger partial charge >= 0.3 is 0 Å². The third-order valence-corrected chi connectivity index (χ3v) is 12.9. The van der Waals surface area contributed by atoms with Crippen molar-refractivity contribution in [1.82, 2.24) is 47.7 Å². The molecule has 17 nitrogen and oxygen atoms in total. The van der Waals surface area contributed by atoms with E-state index in [1.807, 2.05) is 72.0 Å². The molecule has 0 bridgehead atoms. The molecule has 0 spiro atoms. The van der Waals surface area contributed by atoms with Gasteiger partial charge in [0.2, 0.25) is 33.6 Å². The number of aliphatic hydroxyl groups excluding tert-OH is 1. The largest absolute Gasteiger partial charge is 0.483 e. The van der Waals surface area contributed by atoms with Crippen molar-refractivity contribution < 1.29 is 36.8 Å². The lowest BCUT2D eigenvalue weighted by Crippen LogP contribution is -2.36. The molecular weight excluding hydrogens is 1070 g/mol. The lowest BCUT2D eigenvalue weighted by atomic mass is 9.84. The molecule has 1 amide bonds. The number of aldehydes is 1. The second-order valence-electron chi connectivity index (χ2n) is 19.1. The third-order valence-electron chi connectivity index (χ3n) is 12.2. The van der Waals surface area contributed by atoms with Gasteiger partial charge in [0.15, 0.2) is 5.82 Å². The maximum absolute atomic E-state index is 16.4. The molecule has 3 atom stereocenters. The minimum absolute atomic E-state index is 0.0269. The monoisotopic (exact) mass is 1150 g/mol. The number of carbonyl (C=O) groups excluding carboxylic acids is 2. The zero-order chi connectivity index (χ0) is 55.8. The number of para-hydroxylation sites is 2. The van der Waals surface area contributed by atoms with Gasteiger partial charge in [-0.3, -0.25) is 17.6 Å². The molecule has 2 aliphatic rings. The molecule has 5 aromatic rings. The fourth-order valence-corrected chi connectivity index (χ4v) is 9.00. The molecule has 0 radical (unpaired) electrons. The van der Waals surface area contributed by atoms with E-state index in [4.69, 9.17) is 24.7 Å². The van der Waals surface area contributed by atoms with Crippen molar-refractivity contribution in [3.05, 3.63) is 120 Å². The van der Waals surface area contributed by atoms with Gasteiger partial charge in [0.1, 0.15) is 29.5 Å². The van der Waals surface area contributed by atoms with Crippen molar-refractivity contribution in [2.24, 2.45) is 30.7 Å². The number of rotatable bonds is 20. The number of aryl methyl sites for hydroxylation is 1. The topological polar surface area (TPSA) is 215 Å². The number of halogens is 2. The van der Waals surface area contributed by atoms with Gasteiger partial charge < -0.3 is 44.1 Å². The summed E-state index contributed by atoms with van der Waals surface area (Å²) in [6.45, 7) is 25.4. The molecule has 0 aliphatic carbocycles. The van der Waals surface area contributed by atoms with E-state index >= 15 is 4.39 Å². The molecule has 5 N–H and O–H groups in total. The highest BCUT2D eigenvalue weighted by atomic mass is 127. The minimum Gasteiger partial charge on any atom is -0.483 e. The Morgan fingerprint density at radius 3 is 2.25 bits per heavy atom. The van der Waals surface area contributed by atoms with Crippen molar-refractivity contribution in [3.63, 3.8) is 0 Å². The van der Waals surface area contributed by atoms with E-state index in [-0.39, 0.29) is 24.8 Å². The Labute approximate surface area is 453 Å². The summed E-state index contributed by atoms with van der Waals surface area (Å²) >= 11 is -1.43. The molecule has 7 rings (SSSR count). The minimum atomic E-state index is -1.43. The van der Waals surface area contributed by atoms with Crippen LogP contribution < -0.4 is 8.27 Å². The van der Waals surface area contributed by atoms with Crippen LogP contribution in [-0.4, -0.2) is 107 Å². The number of H-pyrrole nitrogens is 2. The van der Waals surface area contributed by atoms with Gasteiger partial charge in [-0.15, -0.1) is 0 Å². The van der Waals surface area contributed by atoms with Crippen molar-refractivity contribution in [1.29, 1.82) is 0 Å². The number of benzene rings is 2. The maximum atomic E-state index is 16.4. The molecule has 0 saturated carbocycles. The lowest BCUT2D eigenvalue weighted by molar-refractivity contribution is -0.130. The third kappa shape index (κ3) is 17.7. The number of ether oxygens (including phenoxy) is 1. The van der Waals surface area contributed by atoms with Crippen LogP contribution in [0.1, 0.15) is 123 Å². The van der Waals surface area contributed by atoms with Gasteiger partial charge in [-0.25, -0.2) is 22.9 Å². The van der Waals surface area contributed by atoms with E-state index in [0.717, 1.165) is 78.9 Å². The first kappa shape index (κ1) is 63.1. The SMILES string of the molecule is C=C/C(=C\C=C1/CC=C2c3c(F)cc(-c4cnc(CN(C)CCC)[nH]4)cc3OC(c3nc4ccccc4n3C)N21)c1cnc(CN(CCC)C(=O)CNI=O)[nH]1.CC(C)C.CCC(C)[C@H](C=O)C(C)C.CO.O=CO. The Morgan fingerprint density at radius 1 is 1.01 bits per heavy atom. The predicted molar refractivity (Wildman–Crippen MR) is 304 cm³/mol. The van der Waals surface area contributed by atoms with Crippen molar-refractivity contribution in [2.75, 3.05) is 33.8 Å². The highest BCUT2D eigenvalue weighted by Crippen LogP contribution is 2.50. The molecule has 5 heterocycles. The summed E-state index contributed by atoms with van der Waals surface area (Å²) < 4.78 is 38.9. The summed E-state index contributed by atoms with van der Waals surface area (Å²) in [5, 5.41) is 13.9. The predicted octanol–water partition coefficient (Wildman–Crippen LogP) is 11.0. The molecular formula is C56H80FIN10O7. The fourth-order valence-electron chi connectivity index (χ4n) is 8.51. The fraction of sp³-hybridized carbons (Fsp3) is 0.464. The number of nitrogens with zero attached hydrogens (tertiary/aromatic N) is 7. The quantitative estimate of drug-likeness (QED) is 0.0213. The summed E-state index contributed by atoms with van der Waals surface area (Å²) in [5.41, 5.74) is 6.63. The van der Waals surface area contributed by atoms with Gasteiger partial charge in [-0.2, -0.15) is 0 Å². The number of allylic oxidation sites excluding steroid dienone is 5.